The lowest BCUT2D eigenvalue weighted by Crippen LogP contribution is -3.00. The summed E-state index contributed by atoms with van der Waals surface area (Å²) in [5, 5.41) is 0. The summed E-state index contributed by atoms with van der Waals surface area (Å²) in [5.41, 5.74) is 0.502. The minimum atomic E-state index is 0. The van der Waals surface area contributed by atoms with E-state index in [4.69, 9.17) is 0 Å². The van der Waals surface area contributed by atoms with Crippen molar-refractivity contribution in [2.75, 3.05) is 19.6 Å². The second-order valence-corrected chi connectivity index (χ2v) is 5.42. The third kappa shape index (κ3) is 3.22. The number of quaternary nitrogens is 1. The van der Waals surface area contributed by atoms with Crippen LogP contribution < -0.4 is 12.4 Å². The smallest absolute Gasteiger partial charge is 0.101 e. The van der Waals surface area contributed by atoms with Crippen molar-refractivity contribution in [2.45, 2.75) is 79.7 Å². The van der Waals surface area contributed by atoms with Gasteiger partial charge in [-0.25, -0.2) is 0 Å². The van der Waals surface area contributed by atoms with Crippen LogP contribution in [0.1, 0.15) is 74.1 Å². The van der Waals surface area contributed by atoms with E-state index in [1.165, 1.54) is 49.8 Å². The zero-order valence-corrected chi connectivity index (χ0v) is 14.6. The molecule has 0 radical (unpaired) electrons. The minimum Gasteiger partial charge on any atom is -1.00 e. The Hall–Kier alpha value is 0.250. The lowest BCUT2D eigenvalue weighted by molar-refractivity contribution is -0.977. The molecule has 0 aliphatic heterocycles. The van der Waals surface area contributed by atoms with E-state index in [1.54, 1.807) is 0 Å². The second kappa shape index (κ2) is 9.20. The Balaban J connectivity index is 0. The Morgan fingerprint density at radius 2 is 1.06 bits per heavy atom. The van der Waals surface area contributed by atoms with Crippen molar-refractivity contribution in [3.63, 3.8) is 0 Å². The van der Waals surface area contributed by atoms with E-state index >= 15 is 0 Å². The number of hydrogen-bond donors (Lipinski definition) is 0. The third-order valence-electron chi connectivity index (χ3n) is 5.73. The van der Waals surface area contributed by atoms with Crippen LogP contribution in [0.25, 0.3) is 0 Å². The molecule has 0 fully saturated rings. The summed E-state index contributed by atoms with van der Waals surface area (Å²) in [4.78, 5) is 0. The van der Waals surface area contributed by atoms with E-state index < -0.39 is 0 Å². The van der Waals surface area contributed by atoms with Gasteiger partial charge < -0.3 is 16.9 Å². The van der Waals surface area contributed by atoms with Crippen molar-refractivity contribution in [1.29, 1.82) is 0 Å². The molecule has 0 atom stereocenters. The standard InChI is InChI=1S/C16H36N.ClH/c1-8-15(9-2)16(10-3,11-4)17(12-5,13-6)14-7;/h15H,8-14H2,1-7H3;1H/q+1;/p-1. The maximum Gasteiger partial charge on any atom is 0.101 e. The van der Waals surface area contributed by atoms with Crippen molar-refractivity contribution in [1.82, 2.24) is 0 Å². The molecule has 0 heterocycles. The topological polar surface area (TPSA) is 0 Å². The SMILES string of the molecule is CCC(CC)C(CC)(CC)[N+](CC)(CC)CC.[Cl-]. The zero-order valence-electron chi connectivity index (χ0n) is 13.9. The predicted molar refractivity (Wildman–Crippen MR) is 79.3 cm³/mol. The summed E-state index contributed by atoms with van der Waals surface area (Å²) < 4.78 is 1.31. The molecule has 0 spiro atoms. The highest BCUT2D eigenvalue weighted by atomic mass is 35.5. The fourth-order valence-corrected chi connectivity index (χ4v) is 4.55. The highest BCUT2D eigenvalue weighted by molar-refractivity contribution is 4.86. The highest BCUT2D eigenvalue weighted by Gasteiger charge is 2.49. The van der Waals surface area contributed by atoms with Crippen LogP contribution in [0.4, 0.5) is 0 Å². The van der Waals surface area contributed by atoms with E-state index in [1.807, 2.05) is 0 Å². The fraction of sp³-hybridized carbons (Fsp3) is 1.00. The molecule has 18 heavy (non-hydrogen) atoms. The van der Waals surface area contributed by atoms with Gasteiger partial charge in [0.05, 0.1) is 19.6 Å². The largest absolute Gasteiger partial charge is 1.00 e. The number of nitrogens with zero attached hydrogens (tertiary/aromatic N) is 1. The summed E-state index contributed by atoms with van der Waals surface area (Å²) in [7, 11) is 0. The summed E-state index contributed by atoms with van der Waals surface area (Å²) in [6, 6.07) is 0. The Bertz CT molecular complexity index is 183. The van der Waals surface area contributed by atoms with Crippen LogP contribution in [0.15, 0.2) is 0 Å². The first-order valence-electron chi connectivity index (χ1n) is 7.93. The molecular formula is C16H36ClN. The van der Waals surface area contributed by atoms with Gasteiger partial charge in [0.2, 0.25) is 0 Å². The molecule has 0 aromatic rings. The van der Waals surface area contributed by atoms with Crippen molar-refractivity contribution in [3.05, 3.63) is 0 Å². The second-order valence-electron chi connectivity index (χ2n) is 5.42. The van der Waals surface area contributed by atoms with E-state index in [9.17, 15) is 0 Å². The molecule has 1 nitrogen and oxygen atoms in total. The highest BCUT2D eigenvalue weighted by Crippen LogP contribution is 2.41. The normalized spacial score (nSPS) is 12.7. The molecule has 0 unspecified atom stereocenters. The van der Waals surface area contributed by atoms with Gasteiger partial charge in [-0.2, -0.15) is 0 Å². The maximum atomic E-state index is 2.41. The summed E-state index contributed by atoms with van der Waals surface area (Å²) in [5.74, 6) is 0.873. The Kier molecular flexibility index (Phi) is 10.5. The summed E-state index contributed by atoms with van der Waals surface area (Å²) in [6.45, 7) is 20.6. The van der Waals surface area contributed by atoms with Gasteiger partial charge in [-0.3, -0.25) is 0 Å². The van der Waals surface area contributed by atoms with Crippen molar-refractivity contribution < 1.29 is 16.9 Å². The zero-order chi connectivity index (χ0) is 13.5. The minimum absolute atomic E-state index is 0. The third-order valence-corrected chi connectivity index (χ3v) is 5.73. The molecule has 2 heteroatoms. The van der Waals surface area contributed by atoms with Crippen LogP contribution in [0.5, 0.6) is 0 Å². The first-order valence-corrected chi connectivity index (χ1v) is 7.93. The Labute approximate surface area is 122 Å². The summed E-state index contributed by atoms with van der Waals surface area (Å²) >= 11 is 0. The molecule has 0 saturated carbocycles. The molecule has 0 aliphatic carbocycles. The van der Waals surface area contributed by atoms with Gasteiger partial charge in [0, 0.05) is 5.92 Å². The van der Waals surface area contributed by atoms with Gasteiger partial charge in [-0.05, 0) is 46.5 Å². The van der Waals surface area contributed by atoms with Crippen molar-refractivity contribution in [3.8, 4) is 0 Å². The number of hydrogen-bond acceptors (Lipinski definition) is 0. The molecule has 0 amide bonds. The van der Waals surface area contributed by atoms with Gasteiger partial charge >= 0.3 is 0 Å². The van der Waals surface area contributed by atoms with Gasteiger partial charge in [0.1, 0.15) is 5.54 Å². The monoisotopic (exact) mass is 277 g/mol. The van der Waals surface area contributed by atoms with Crippen LogP contribution in [0, 0.1) is 5.92 Å². The van der Waals surface area contributed by atoms with Gasteiger partial charge in [-0.15, -0.1) is 0 Å². The van der Waals surface area contributed by atoms with Gasteiger partial charge in [0.25, 0.3) is 0 Å². The van der Waals surface area contributed by atoms with Gasteiger partial charge in [0.15, 0.2) is 0 Å². The lowest BCUT2D eigenvalue weighted by atomic mass is 9.73. The van der Waals surface area contributed by atoms with Gasteiger partial charge in [-0.1, -0.05) is 27.7 Å². The molecule has 0 aromatic heterocycles. The fourth-order valence-electron chi connectivity index (χ4n) is 4.55. The summed E-state index contributed by atoms with van der Waals surface area (Å²) in [6.07, 6.45) is 5.31. The lowest BCUT2D eigenvalue weighted by Gasteiger charge is -2.56. The average Bonchev–Trinajstić information content (AvgIpc) is 2.40. The molecule has 112 valence electrons. The van der Waals surface area contributed by atoms with E-state index in [0.29, 0.717) is 5.54 Å². The maximum absolute atomic E-state index is 2.41. The molecule has 0 aliphatic rings. The molecule has 0 rings (SSSR count). The molecule has 0 N–H and O–H groups in total. The van der Waals surface area contributed by atoms with E-state index in [2.05, 4.69) is 48.5 Å². The van der Waals surface area contributed by atoms with Crippen LogP contribution in [-0.4, -0.2) is 29.7 Å². The van der Waals surface area contributed by atoms with Crippen LogP contribution in [0.2, 0.25) is 0 Å². The van der Waals surface area contributed by atoms with E-state index in [-0.39, 0.29) is 12.4 Å². The first-order chi connectivity index (χ1) is 8.07. The van der Waals surface area contributed by atoms with E-state index in [0.717, 1.165) is 5.92 Å². The van der Waals surface area contributed by atoms with Crippen LogP contribution in [-0.2, 0) is 0 Å². The molecule has 0 aromatic carbocycles. The quantitative estimate of drug-likeness (QED) is 0.565. The Morgan fingerprint density at radius 3 is 1.22 bits per heavy atom. The Morgan fingerprint density at radius 1 is 0.722 bits per heavy atom. The average molecular weight is 278 g/mol. The predicted octanol–water partition coefficient (Wildman–Crippen LogP) is 1.86. The van der Waals surface area contributed by atoms with Crippen molar-refractivity contribution >= 4 is 0 Å². The van der Waals surface area contributed by atoms with Crippen LogP contribution >= 0.6 is 0 Å². The number of rotatable bonds is 9. The molecule has 0 bridgehead atoms. The number of halogens is 1. The van der Waals surface area contributed by atoms with Crippen LogP contribution in [0.3, 0.4) is 0 Å². The molecule has 0 saturated heterocycles. The van der Waals surface area contributed by atoms with Crippen molar-refractivity contribution in [2.24, 2.45) is 5.92 Å². The molecular weight excluding hydrogens is 242 g/mol. The first kappa shape index (κ1) is 20.6.